The van der Waals surface area contributed by atoms with E-state index in [-0.39, 0.29) is 6.10 Å². The summed E-state index contributed by atoms with van der Waals surface area (Å²) in [6.45, 7) is 0.353. The van der Waals surface area contributed by atoms with Crippen LogP contribution in [-0.2, 0) is 0 Å². The van der Waals surface area contributed by atoms with Crippen LogP contribution in [0.15, 0.2) is 36.7 Å². The number of benzene rings is 1. The summed E-state index contributed by atoms with van der Waals surface area (Å²) in [5.41, 5.74) is 3.29. The molecule has 1 aliphatic rings. The van der Waals surface area contributed by atoms with Crippen LogP contribution in [0.3, 0.4) is 0 Å². The first-order chi connectivity index (χ1) is 10.3. The maximum absolute atomic E-state index is 5.95. The highest BCUT2D eigenvalue weighted by molar-refractivity contribution is 5.41. The molecule has 7 nitrogen and oxygen atoms in total. The Hall–Kier alpha value is -2.38. The minimum absolute atomic E-state index is 0.338. The molecular weight excluding hydrogens is 272 g/mol. The number of hydrogen-bond acceptors (Lipinski definition) is 7. The van der Waals surface area contributed by atoms with Crippen molar-refractivity contribution in [3.05, 3.63) is 42.4 Å². The van der Waals surface area contributed by atoms with Crippen molar-refractivity contribution in [2.75, 3.05) is 13.7 Å². The molecule has 0 amide bonds. The molecule has 3 rings (SSSR count). The molecule has 1 aliphatic heterocycles. The summed E-state index contributed by atoms with van der Waals surface area (Å²) in [6.07, 6.45) is 2.80. The second-order valence-corrected chi connectivity index (χ2v) is 4.51. The number of nitrogens with zero attached hydrogens (tertiary/aromatic N) is 2. The van der Waals surface area contributed by atoms with Crippen molar-refractivity contribution >= 4 is 0 Å². The van der Waals surface area contributed by atoms with E-state index in [1.165, 1.54) is 7.11 Å². The van der Waals surface area contributed by atoms with E-state index in [1.807, 2.05) is 24.3 Å². The Morgan fingerprint density at radius 1 is 1.29 bits per heavy atom. The SMILES string of the molecule is COc1nccnc1C(NN)C1COc2ccccc2O1. The molecule has 1 aromatic carbocycles. The van der Waals surface area contributed by atoms with Crippen molar-refractivity contribution in [1.82, 2.24) is 15.4 Å². The molecule has 21 heavy (non-hydrogen) atoms. The fourth-order valence-corrected chi connectivity index (χ4v) is 2.27. The first-order valence-corrected chi connectivity index (χ1v) is 6.53. The lowest BCUT2D eigenvalue weighted by molar-refractivity contribution is 0.0596. The standard InChI is InChI=1S/C14H16N4O3/c1-19-14-13(16-6-7-17-14)12(18-15)11-8-20-9-4-2-3-5-10(9)21-11/h2-7,11-12,18H,8,15H2,1H3. The molecule has 0 saturated carbocycles. The van der Waals surface area contributed by atoms with E-state index in [9.17, 15) is 0 Å². The van der Waals surface area contributed by atoms with Crippen molar-refractivity contribution in [3.8, 4) is 17.4 Å². The summed E-state index contributed by atoms with van der Waals surface area (Å²) in [5, 5.41) is 0. The van der Waals surface area contributed by atoms with E-state index in [4.69, 9.17) is 20.1 Å². The van der Waals surface area contributed by atoms with Crippen molar-refractivity contribution in [3.63, 3.8) is 0 Å². The molecule has 0 radical (unpaired) electrons. The van der Waals surface area contributed by atoms with Crippen LogP contribution in [0.25, 0.3) is 0 Å². The fourth-order valence-electron chi connectivity index (χ4n) is 2.27. The molecule has 3 N–H and O–H groups in total. The number of aromatic nitrogens is 2. The molecule has 0 fully saturated rings. The van der Waals surface area contributed by atoms with Crippen LogP contribution in [0.5, 0.6) is 17.4 Å². The number of nitrogens with one attached hydrogen (secondary N) is 1. The second kappa shape index (κ2) is 5.94. The molecule has 2 unspecified atom stereocenters. The van der Waals surface area contributed by atoms with Crippen molar-refractivity contribution in [2.45, 2.75) is 12.1 Å². The van der Waals surface area contributed by atoms with Crippen LogP contribution in [0.1, 0.15) is 11.7 Å². The van der Waals surface area contributed by atoms with Gasteiger partial charge in [0, 0.05) is 12.4 Å². The summed E-state index contributed by atoms with van der Waals surface area (Å²) in [4.78, 5) is 8.41. The normalized spacial score (nSPS) is 18.1. The van der Waals surface area contributed by atoms with E-state index in [0.717, 1.165) is 5.75 Å². The summed E-state index contributed by atoms with van der Waals surface area (Å²) >= 11 is 0. The number of ether oxygens (including phenoxy) is 3. The number of hydrazine groups is 1. The lowest BCUT2D eigenvalue weighted by Gasteiger charge is -2.31. The first-order valence-electron chi connectivity index (χ1n) is 6.53. The molecule has 0 saturated heterocycles. The van der Waals surface area contributed by atoms with E-state index in [1.54, 1.807) is 12.4 Å². The Balaban J connectivity index is 1.88. The van der Waals surface area contributed by atoms with Gasteiger partial charge >= 0.3 is 0 Å². The minimum Gasteiger partial charge on any atom is -0.486 e. The van der Waals surface area contributed by atoms with Gasteiger partial charge in [-0.05, 0) is 12.1 Å². The van der Waals surface area contributed by atoms with E-state index in [0.29, 0.717) is 23.9 Å². The van der Waals surface area contributed by atoms with Gasteiger partial charge < -0.3 is 14.2 Å². The number of rotatable bonds is 4. The average Bonchev–Trinajstić information content (AvgIpc) is 2.56. The smallest absolute Gasteiger partial charge is 0.237 e. The molecule has 110 valence electrons. The lowest BCUT2D eigenvalue weighted by atomic mass is 10.1. The molecule has 2 aromatic rings. The maximum atomic E-state index is 5.95. The van der Waals surface area contributed by atoms with Crippen molar-refractivity contribution in [2.24, 2.45) is 5.84 Å². The Labute approximate surface area is 122 Å². The molecule has 2 heterocycles. The van der Waals surface area contributed by atoms with Crippen molar-refractivity contribution < 1.29 is 14.2 Å². The third-order valence-corrected chi connectivity index (χ3v) is 3.26. The Morgan fingerprint density at radius 2 is 2.05 bits per heavy atom. The quantitative estimate of drug-likeness (QED) is 0.636. The van der Waals surface area contributed by atoms with Gasteiger partial charge in [-0.1, -0.05) is 12.1 Å². The van der Waals surface area contributed by atoms with Crippen LogP contribution >= 0.6 is 0 Å². The third kappa shape index (κ3) is 2.61. The lowest BCUT2D eigenvalue weighted by Crippen LogP contribution is -2.44. The number of methoxy groups -OCH3 is 1. The highest BCUT2D eigenvalue weighted by Gasteiger charge is 2.32. The topological polar surface area (TPSA) is 91.5 Å². The molecular formula is C14H16N4O3. The van der Waals surface area contributed by atoms with Gasteiger partial charge in [0.2, 0.25) is 5.88 Å². The number of fused-ring (bicyclic) bond motifs is 1. The largest absolute Gasteiger partial charge is 0.486 e. The summed E-state index contributed by atoms with van der Waals surface area (Å²) in [7, 11) is 1.54. The minimum atomic E-state index is -0.401. The highest BCUT2D eigenvalue weighted by atomic mass is 16.6. The molecule has 0 bridgehead atoms. The Kier molecular flexibility index (Phi) is 3.85. The van der Waals surface area contributed by atoms with Gasteiger partial charge in [-0.25, -0.2) is 10.4 Å². The van der Waals surface area contributed by atoms with Crippen LogP contribution in [0.4, 0.5) is 0 Å². The summed E-state index contributed by atoms with van der Waals surface area (Å²) in [6, 6.07) is 7.09. The molecule has 1 aromatic heterocycles. The third-order valence-electron chi connectivity index (χ3n) is 3.26. The monoisotopic (exact) mass is 288 g/mol. The molecule has 7 heteroatoms. The zero-order valence-electron chi connectivity index (χ0n) is 11.5. The zero-order valence-corrected chi connectivity index (χ0v) is 11.5. The predicted octanol–water partition coefficient (Wildman–Crippen LogP) is 0.830. The van der Waals surface area contributed by atoms with E-state index < -0.39 is 6.04 Å². The first kappa shape index (κ1) is 13.6. The van der Waals surface area contributed by atoms with Gasteiger partial charge in [0.15, 0.2) is 17.6 Å². The number of hydrogen-bond donors (Lipinski definition) is 2. The fraction of sp³-hybridized carbons (Fsp3) is 0.286. The van der Waals surface area contributed by atoms with Crippen LogP contribution < -0.4 is 25.5 Å². The van der Waals surface area contributed by atoms with Gasteiger partial charge in [-0.2, -0.15) is 0 Å². The highest BCUT2D eigenvalue weighted by Crippen LogP contribution is 2.34. The predicted molar refractivity (Wildman–Crippen MR) is 75.0 cm³/mol. The van der Waals surface area contributed by atoms with E-state index in [2.05, 4.69) is 15.4 Å². The number of para-hydroxylation sites is 2. The number of nitrogens with two attached hydrogens (primary N) is 1. The molecule has 0 spiro atoms. The zero-order chi connectivity index (χ0) is 14.7. The Bertz CT molecular complexity index is 623. The summed E-state index contributed by atoms with van der Waals surface area (Å²) in [5.74, 6) is 7.47. The second-order valence-electron chi connectivity index (χ2n) is 4.51. The van der Waals surface area contributed by atoms with Crippen molar-refractivity contribution in [1.29, 1.82) is 0 Å². The van der Waals surface area contributed by atoms with Gasteiger partial charge in [-0.15, -0.1) is 0 Å². The van der Waals surface area contributed by atoms with Crippen LogP contribution in [0, 0.1) is 0 Å². The molecule has 2 atom stereocenters. The van der Waals surface area contributed by atoms with Gasteiger partial charge in [0.05, 0.1) is 7.11 Å². The Morgan fingerprint density at radius 3 is 2.81 bits per heavy atom. The summed E-state index contributed by atoms with van der Waals surface area (Å²) < 4.78 is 16.9. The van der Waals surface area contributed by atoms with Crippen LogP contribution in [-0.4, -0.2) is 29.8 Å². The maximum Gasteiger partial charge on any atom is 0.237 e. The molecule has 0 aliphatic carbocycles. The van der Waals surface area contributed by atoms with Gasteiger partial charge in [0.25, 0.3) is 0 Å². The van der Waals surface area contributed by atoms with E-state index >= 15 is 0 Å². The van der Waals surface area contributed by atoms with Gasteiger partial charge in [0.1, 0.15) is 18.3 Å². The average molecular weight is 288 g/mol. The van der Waals surface area contributed by atoms with Crippen LogP contribution in [0.2, 0.25) is 0 Å². The van der Waals surface area contributed by atoms with Gasteiger partial charge in [-0.3, -0.25) is 10.8 Å².